The zero-order chi connectivity index (χ0) is 10.8. The summed E-state index contributed by atoms with van der Waals surface area (Å²) in [4.78, 5) is 18.4. The van der Waals surface area contributed by atoms with E-state index in [0.717, 1.165) is 11.5 Å². The maximum absolute atomic E-state index is 11.3. The molecule has 4 nitrogen and oxygen atoms in total. The Morgan fingerprint density at radius 3 is 2.64 bits per heavy atom. The fourth-order valence-corrected chi connectivity index (χ4v) is 1.13. The molecule has 0 amide bonds. The molecule has 1 heterocycles. The molecule has 0 aromatic carbocycles. The van der Waals surface area contributed by atoms with Gasteiger partial charge in [-0.1, -0.05) is 20.8 Å². The van der Waals surface area contributed by atoms with Crippen molar-refractivity contribution in [2.45, 2.75) is 32.7 Å². The minimum Gasteiger partial charge on any atom is -0.314 e. The molecule has 0 aliphatic heterocycles. The standard InChI is InChI=1S/C10H17N3O/c1-10(2,3)9-12-7(6-11-4)5-8(14)13-9/h5,11H,6H2,1-4H3,(H,12,13,14). The lowest BCUT2D eigenvalue weighted by Crippen LogP contribution is -2.24. The summed E-state index contributed by atoms with van der Waals surface area (Å²) in [6.45, 7) is 6.68. The molecule has 14 heavy (non-hydrogen) atoms. The zero-order valence-electron chi connectivity index (χ0n) is 9.14. The maximum atomic E-state index is 11.3. The molecule has 0 aliphatic carbocycles. The van der Waals surface area contributed by atoms with E-state index in [9.17, 15) is 4.79 Å². The molecular formula is C10H17N3O. The van der Waals surface area contributed by atoms with E-state index in [2.05, 4.69) is 15.3 Å². The molecule has 1 aromatic rings. The van der Waals surface area contributed by atoms with Gasteiger partial charge in [0.05, 0.1) is 5.69 Å². The number of nitrogens with zero attached hydrogens (tertiary/aromatic N) is 1. The van der Waals surface area contributed by atoms with Crippen molar-refractivity contribution in [3.05, 3.63) is 27.9 Å². The minimum absolute atomic E-state index is 0.0878. The lowest BCUT2D eigenvalue weighted by molar-refractivity contribution is 0.536. The maximum Gasteiger partial charge on any atom is 0.251 e. The Bertz CT molecular complexity index is 362. The number of aromatic nitrogens is 2. The second-order valence-corrected chi connectivity index (χ2v) is 4.37. The zero-order valence-corrected chi connectivity index (χ0v) is 9.14. The summed E-state index contributed by atoms with van der Waals surface area (Å²) in [5.41, 5.74) is 0.569. The Labute approximate surface area is 83.8 Å². The lowest BCUT2D eigenvalue weighted by Gasteiger charge is -2.17. The number of H-pyrrole nitrogens is 1. The SMILES string of the molecule is CNCc1cc(=O)[nH]c(C(C)(C)C)n1. The molecule has 2 N–H and O–H groups in total. The average Bonchev–Trinajstić information content (AvgIpc) is 2.02. The first-order valence-electron chi connectivity index (χ1n) is 4.69. The number of hydrogen-bond acceptors (Lipinski definition) is 3. The van der Waals surface area contributed by atoms with Crippen LogP contribution in [0.3, 0.4) is 0 Å². The highest BCUT2D eigenvalue weighted by atomic mass is 16.1. The van der Waals surface area contributed by atoms with Gasteiger partial charge in [0.15, 0.2) is 0 Å². The van der Waals surface area contributed by atoms with Crippen LogP contribution < -0.4 is 10.9 Å². The van der Waals surface area contributed by atoms with Gasteiger partial charge in [-0.15, -0.1) is 0 Å². The van der Waals surface area contributed by atoms with Crippen LogP contribution in [-0.2, 0) is 12.0 Å². The summed E-state index contributed by atoms with van der Waals surface area (Å²) in [6, 6.07) is 1.52. The normalized spacial score (nSPS) is 11.7. The van der Waals surface area contributed by atoms with Gasteiger partial charge >= 0.3 is 0 Å². The van der Waals surface area contributed by atoms with Gasteiger partial charge in [-0.2, -0.15) is 0 Å². The van der Waals surface area contributed by atoms with E-state index in [0.29, 0.717) is 6.54 Å². The van der Waals surface area contributed by atoms with Gasteiger partial charge in [-0.25, -0.2) is 4.98 Å². The molecule has 0 saturated carbocycles. The third kappa shape index (κ3) is 2.67. The Morgan fingerprint density at radius 1 is 1.50 bits per heavy atom. The molecule has 4 heteroatoms. The molecule has 0 radical (unpaired) electrons. The molecule has 0 atom stereocenters. The minimum atomic E-state index is -0.122. The number of aromatic amines is 1. The van der Waals surface area contributed by atoms with Crippen molar-refractivity contribution in [2.75, 3.05) is 7.05 Å². The molecule has 0 fully saturated rings. The summed E-state index contributed by atoms with van der Waals surface area (Å²) in [5.74, 6) is 0.732. The fourth-order valence-electron chi connectivity index (χ4n) is 1.13. The average molecular weight is 195 g/mol. The van der Waals surface area contributed by atoms with Gasteiger partial charge in [-0.05, 0) is 7.05 Å². The topological polar surface area (TPSA) is 57.8 Å². The lowest BCUT2D eigenvalue weighted by atomic mass is 9.95. The van der Waals surface area contributed by atoms with Crippen molar-refractivity contribution >= 4 is 0 Å². The van der Waals surface area contributed by atoms with E-state index in [-0.39, 0.29) is 11.0 Å². The van der Waals surface area contributed by atoms with Crippen LogP contribution in [0.1, 0.15) is 32.3 Å². The second-order valence-electron chi connectivity index (χ2n) is 4.37. The predicted octanol–water partition coefficient (Wildman–Crippen LogP) is 0.787. The quantitative estimate of drug-likeness (QED) is 0.733. The number of hydrogen-bond donors (Lipinski definition) is 2. The second kappa shape index (κ2) is 3.92. The molecule has 1 aromatic heterocycles. The van der Waals surface area contributed by atoms with Crippen LogP contribution in [0, 0.1) is 0 Å². The van der Waals surface area contributed by atoms with Gasteiger partial charge in [0.25, 0.3) is 5.56 Å². The predicted molar refractivity (Wildman–Crippen MR) is 56.3 cm³/mol. The highest BCUT2D eigenvalue weighted by molar-refractivity contribution is 5.08. The van der Waals surface area contributed by atoms with Crippen molar-refractivity contribution in [1.29, 1.82) is 0 Å². The van der Waals surface area contributed by atoms with Crippen LogP contribution in [-0.4, -0.2) is 17.0 Å². The molecule has 0 unspecified atom stereocenters. The van der Waals surface area contributed by atoms with E-state index >= 15 is 0 Å². The van der Waals surface area contributed by atoms with E-state index in [1.807, 2.05) is 27.8 Å². The van der Waals surface area contributed by atoms with Crippen LogP contribution in [0.5, 0.6) is 0 Å². The third-order valence-electron chi connectivity index (χ3n) is 1.86. The van der Waals surface area contributed by atoms with Crippen molar-refractivity contribution in [2.24, 2.45) is 0 Å². The van der Waals surface area contributed by atoms with E-state index in [1.165, 1.54) is 6.07 Å². The Hall–Kier alpha value is -1.16. The summed E-state index contributed by atoms with van der Waals surface area (Å²) in [6.07, 6.45) is 0. The summed E-state index contributed by atoms with van der Waals surface area (Å²) in [5, 5.41) is 2.97. The highest BCUT2D eigenvalue weighted by Crippen LogP contribution is 2.16. The summed E-state index contributed by atoms with van der Waals surface area (Å²) < 4.78 is 0. The Balaban J connectivity index is 3.14. The van der Waals surface area contributed by atoms with Crippen molar-refractivity contribution < 1.29 is 0 Å². The molecule has 1 rings (SSSR count). The third-order valence-corrected chi connectivity index (χ3v) is 1.86. The van der Waals surface area contributed by atoms with Crippen molar-refractivity contribution in [3.8, 4) is 0 Å². The van der Waals surface area contributed by atoms with Gasteiger partial charge < -0.3 is 10.3 Å². The number of nitrogens with one attached hydrogen (secondary N) is 2. The van der Waals surface area contributed by atoms with Crippen molar-refractivity contribution in [3.63, 3.8) is 0 Å². The van der Waals surface area contributed by atoms with Crippen molar-refractivity contribution in [1.82, 2.24) is 15.3 Å². The fraction of sp³-hybridized carbons (Fsp3) is 0.600. The number of rotatable bonds is 2. The smallest absolute Gasteiger partial charge is 0.251 e. The van der Waals surface area contributed by atoms with Gasteiger partial charge in [0, 0.05) is 18.0 Å². The summed E-state index contributed by atoms with van der Waals surface area (Å²) in [7, 11) is 1.83. The van der Waals surface area contributed by atoms with Crippen LogP contribution in [0.15, 0.2) is 10.9 Å². The van der Waals surface area contributed by atoms with Crippen LogP contribution in [0.25, 0.3) is 0 Å². The van der Waals surface area contributed by atoms with Gasteiger partial charge in [-0.3, -0.25) is 4.79 Å². The largest absolute Gasteiger partial charge is 0.314 e. The molecule has 0 saturated heterocycles. The molecule has 78 valence electrons. The molecule has 0 aliphatic rings. The first kappa shape index (κ1) is 10.9. The molecule has 0 spiro atoms. The molecular weight excluding hydrogens is 178 g/mol. The van der Waals surface area contributed by atoms with Gasteiger partial charge in [0.2, 0.25) is 0 Å². The van der Waals surface area contributed by atoms with Crippen LogP contribution in [0.2, 0.25) is 0 Å². The monoisotopic (exact) mass is 195 g/mol. The highest BCUT2D eigenvalue weighted by Gasteiger charge is 2.17. The van der Waals surface area contributed by atoms with Crippen LogP contribution in [0.4, 0.5) is 0 Å². The Kier molecular flexibility index (Phi) is 3.06. The van der Waals surface area contributed by atoms with Gasteiger partial charge in [0.1, 0.15) is 5.82 Å². The van der Waals surface area contributed by atoms with E-state index in [4.69, 9.17) is 0 Å². The Morgan fingerprint density at radius 2 is 2.14 bits per heavy atom. The first-order chi connectivity index (χ1) is 6.43. The first-order valence-corrected chi connectivity index (χ1v) is 4.69. The van der Waals surface area contributed by atoms with E-state index in [1.54, 1.807) is 0 Å². The summed E-state index contributed by atoms with van der Waals surface area (Å²) >= 11 is 0. The molecule has 0 bridgehead atoms. The van der Waals surface area contributed by atoms with Crippen LogP contribution >= 0.6 is 0 Å². The van der Waals surface area contributed by atoms with E-state index < -0.39 is 0 Å².